The summed E-state index contributed by atoms with van der Waals surface area (Å²) in [5.41, 5.74) is 0.536. The molecule has 1 aromatic carbocycles. The molecule has 9 nitrogen and oxygen atoms in total. The van der Waals surface area contributed by atoms with Gasteiger partial charge in [-0.15, -0.1) is 0 Å². The van der Waals surface area contributed by atoms with Crippen LogP contribution in [0, 0.1) is 10.1 Å². The molecular weight excluding hydrogens is 352 g/mol. The minimum absolute atomic E-state index is 0.0341. The molecule has 0 radical (unpaired) electrons. The summed E-state index contributed by atoms with van der Waals surface area (Å²) >= 11 is 0. The van der Waals surface area contributed by atoms with Gasteiger partial charge in [0.25, 0.3) is 11.6 Å². The van der Waals surface area contributed by atoms with Crippen molar-refractivity contribution in [1.82, 2.24) is 9.88 Å². The van der Waals surface area contributed by atoms with Crippen molar-refractivity contribution in [2.45, 2.75) is 6.42 Å². The van der Waals surface area contributed by atoms with Crippen LogP contribution in [-0.4, -0.2) is 53.7 Å². The maximum atomic E-state index is 12.8. The summed E-state index contributed by atoms with van der Waals surface area (Å²) in [5.74, 6) is 1.87. The predicted molar refractivity (Wildman–Crippen MR) is 96.2 cm³/mol. The molecule has 1 fully saturated rings. The fourth-order valence-corrected chi connectivity index (χ4v) is 3.24. The van der Waals surface area contributed by atoms with Gasteiger partial charge in [0.2, 0.25) is 6.79 Å². The molecule has 2 aliphatic heterocycles. The zero-order valence-corrected chi connectivity index (χ0v) is 14.5. The fourth-order valence-electron chi connectivity index (χ4n) is 3.24. The summed E-state index contributed by atoms with van der Waals surface area (Å²) in [7, 11) is 0. The summed E-state index contributed by atoms with van der Waals surface area (Å²) in [5, 5.41) is 10.8. The van der Waals surface area contributed by atoms with Crippen molar-refractivity contribution in [3.05, 3.63) is 52.2 Å². The first-order chi connectivity index (χ1) is 13.1. The van der Waals surface area contributed by atoms with E-state index >= 15 is 0 Å². The van der Waals surface area contributed by atoms with Crippen molar-refractivity contribution in [1.29, 1.82) is 0 Å². The lowest BCUT2D eigenvalue weighted by Gasteiger charge is -2.23. The van der Waals surface area contributed by atoms with E-state index in [2.05, 4.69) is 4.98 Å². The molecule has 0 spiro atoms. The molecule has 0 unspecified atom stereocenters. The number of carbonyl (C=O) groups excluding carboxylic acids is 1. The second-order valence-corrected chi connectivity index (χ2v) is 6.33. The van der Waals surface area contributed by atoms with Gasteiger partial charge in [-0.2, -0.15) is 0 Å². The second kappa shape index (κ2) is 7.10. The van der Waals surface area contributed by atoms with Crippen LogP contribution >= 0.6 is 0 Å². The third kappa shape index (κ3) is 3.48. The first-order valence-electron chi connectivity index (χ1n) is 8.66. The van der Waals surface area contributed by atoms with Crippen LogP contribution in [0.4, 0.5) is 11.5 Å². The highest BCUT2D eigenvalue weighted by molar-refractivity contribution is 5.95. The number of anilines is 1. The van der Waals surface area contributed by atoms with Crippen LogP contribution < -0.4 is 14.4 Å². The third-order valence-electron chi connectivity index (χ3n) is 4.67. The molecule has 1 aromatic heterocycles. The lowest BCUT2D eigenvalue weighted by molar-refractivity contribution is -0.385. The number of nitro groups is 1. The number of rotatable bonds is 3. The molecular formula is C18H18N4O5. The number of fused-ring (bicyclic) bond motifs is 1. The van der Waals surface area contributed by atoms with Gasteiger partial charge in [0.15, 0.2) is 11.5 Å². The van der Waals surface area contributed by atoms with Gasteiger partial charge in [0, 0.05) is 37.8 Å². The smallest absolute Gasteiger partial charge is 0.287 e. The fraction of sp³-hybridized carbons (Fsp3) is 0.333. The Labute approximate surface area is 155 Å². The van der Waals surface area contributed by atoms with Gasteiger partial charge in [0.05, 0.1) is 4.92 Å². The Bertz CT molecular complexity index is 871. The number of carbonyl (C=O) groups is 1. The monoisotopic (exact) mass is 370 g/mol. The van der Waals surface area contributed by atoms with Gasteiger partial charge >= 0.3 is 0 Å². The van der Waals surface area contributed by atoms with Crippen LogP contribution in [0.5, 0.6) is 11.5 Å². The first kappa shape index (κ1) is 17.1. The normalized spacial score (nSPS) is 16.1. The van der Waals surface area contributed by atoms with Crippen LogP contribution in [0.15, 0.2) is 36.5 Å². The summed E-state index contributed by atoms with van der Waals surface area (Å²) < 4.78 is 10.6. The zero-order chi connectivity index (χ0) is 18.8. The van der Waals surface area contributed by atoms with Crippen molar-refractivity contribution in [2.24, 2.45) is 0 Å². The minimum atomic E-state index is -0.467. The molecule has 140 valence electrons. The van der Waals surface area contributed by atoms with Crippen LogP contribution in [0.1, 0.15) is 16.8 Å². The van der Waals surface area contributed by atoms with Gasteiger partial charge in [-0.25, -0.2) is 4.98 Å². The number of amides is 1. The summed E-state index contributed by atoms with van der Waals surface area (Å²) in [6.07, 6.45) is 2.05. The van der Waals surface area contributed by atoms with Crippen LogP contribution in [0.2, 0.25) is 0 Å². The van der Waals surface area contributed by atoms with Crippen molar-refractivity contribution in [2.75, 3.05) is 37.9 Å². The highest BCUT2D eigenvalue weighted by atomic mass is 16.7. The number of pyridine rings is 1. The molecule has 0 saturated carbocycles. The Morgan fingerprint density at radius 2 is 1.93 bits per heavy atom. The number of aromatic nitrogens is 1. The standard InChI is InChI=1S/C18H18N4O5/c23-18(13-2-4-15-16(10-13)27-12-26-15)21-7-1-6-20(8-9-21)17-5-3-14(11-19-17)22(24)25/h2-5,10-11H,1,6-9,12H2. The molecule has 9 heteroatoms. The van der Waals surface area contributed by atoms with Gasteiger partial charge in [-0.3, -0.25) is 14.9 Å². The van der Waals surface area contributed by atoms with Gasteiger partial charge in [-0.05, 0) is 30.7 Å². The van der Waals surface area contributed by atoms with Crippen LogP contribution in [0.3, 0.4) is 0 Å². The van der Waals surface area contributed by atoms with Crippen molar-refractivity contribution < 1.29 is 19.2 Å². The Morgan fingerprint density at radius 3 is 2.70 bits per heavy atom. The predicted octanol–water partition coefficient (Wildman–Crippen LogP) is 2.07. The molecule has 1 saturated heterocycles. The highest BCUT2D eigenvalue weighted by Crippen LogP contribution is 2.33. The van der Waals surface area contributed by atoms with Gasteiger partial charge < -0.3 is 19.3 Å². The van der Waals surface area contributed by atoms with E-state index < -0.39 is 4.92 Å². The first-order valence-corrected chi connectivity index (χ1v) is 8.66. The third-order valence-corrected chi connectivity index (χ3v) is 4.67. The van der Waals surface area contributed by atoms with Crippen molar-refractivity contribution in [3.8, 4) is 11.5 Å². The quantitative estimate of drug-likeness (QED) is 0.602. The Hall–Kier alpha value is -3.36. The largest absolute Gasteiger partial charge is 0.454 e. The Kier molecular flexibility index (Phi) is 4.49. The SMILES string of the molecule is O=C(c1ccc2c(c1)OCO2)N1CCCN(c2ccc([N+](=O)[O-])cn2)CC1. The molecule has 4 rings (SSSR count). The van der Waals surface area contributed by atoms with Crippen LogP contribution in [0.25, 0.3) is 0 Å². The molecule has 0 aliphatic carbocycles. The number of hydrogen-bond acceptors (Lipinski definition) is 7. The van der Waals surface area contributed by atoms with Crippen molar-refractivity contribution in [3.63, 3.8) is 0 Å². The number of nitrogens with zero attached hydrogens (tertiary/aromatic N) is 4. The van der Waals surface area contributed by atoms with E-state index in [1.54, 1.807) is 24.3 Å². The van der Waals surface area contributed by atoms with Gasteiger partial charge in [0.1, 0.15) is 12.0 Å². The molecule has 0 atom stereocenters. The number of ether oxygens (including phenoxy) is 2. The van der Waals surface area contributed by atoms with E-state index in [1.165, 1.54) is 12.3 Å². The molecule has 0 N–H and O–H groups in total. The Balaban J connectivity index is 1.43. The average molecular weight is 370 g/mol. The number of benzene rings is 1. The molecule has 0 bridgehead atoms. The minimum Gasteiger partial charge on any atom is -0.454 e. The maximum Gasteiger partial charge on any atom is 0.287 e. The van der Waals surface area contributed by atoms with E-state index in [9.17, 15) is 14.9 Å². The average Bonchev–Trinajstić information content (AvgIpc) is 3.02. The van der Waals surface area contributed by atoms with E-state index in [0.29, 0.717) is 42.5 Å². The van der Waals surface area contributed by atoms with Crippen LogP contribution in [-0.2, 0) is 0 Å². The zero-order valence-electron chi connectivity index (χ0n) is 14.5. The number of hydrogen-bond donors (Lipinski definition) is 0. The van der Waals surface area contributed by atoms with E-state index in [0.717, 1.165) is 13.0 Å². The molecule has 3 heterocycles. The lowest BCUT2D eigenvalue weighted by Crippen LogP contribution is -2.35. The van der Waals surface area contributed by atoms with E-state index in [-0.39, 0.29) is 18.4 Å². The lowest BCUT2D eigenvalue weighted by atomic mass is 10.1. The van der Waals surface area contributed by atoms with E-state index in [4.69, 9.17) is 9.47 Å². The van der Waals surface area contributed by atoms with Crippen molar-refractivity contribution >= 4 is 17.4 Å². The summed E-state index contributed by atoms with van der Waals surface area (Å²) in [4.78, 5) is 31.2. The molecule has 27 heavy (non-hydrogen) atoms. The maximum absolute atomic E-state index is 12.8. The topological polar surface area (TPSA) is 98.0 Å². The second-order valence-electron chi connectivity index (χ2n) is 6.33. The molecule has 2 aromatic rings. The van der Waals surface area contributed by atoms with Gasteiger partial charge in [-0.1, -0.05) is 0 Å². The van der Waals surface area contributed by atoms with E-state index in [1.807, 2.05) is 9.80 Å². The molecule has 1 amide bonds. The molecule has 2 aliphatic rings. The summed E-state index contributed by atoms with van der Waals surface area (Å²) in [6, 6.07) is 8.30. The summed E-state index contributed by atoms with van der Waals surface area (Å²) in [6.45, 7) is 2.70. The Morgan fingerprint density at radius 1 is 1.07 bits per heavy atom. The highest BCUT2D eigenvalue weighted by Gasteiger charge is 2.23.